The van der Waals surface area contributed by atoms with Crippen LogP contribution in [0.3, 0.4) is 0 Å². The number of ether oxygens (including phenoxy) is 3. The van der Waals surface area contributed by atoms with Crippen molar-refractivity contribution in [2.75, 3.05) is 58.8 Å². The van der Waals surface area contributed by atoms with Crippen molar-refractivity contribution in [3.05, 3.63) is 105 Å². The van der Waals surface area contributed by atoms with Crippen molar-refractivity contribution in [3.63, 3.8) is 0 Å². The Bertz CT molecular complexity index is 2150. The van der Waals surface area contributed by atoms with Crippen LogP contribution in [0, 0.1) is 5.82 Å². The van der Waals surface area contributed by atoms with E-state index in [1.54, 1.807) is 61.8 Å². The van der Waals surface area contributed by atoms with E-state index in [1.165, 1.54) is 12.1 Å². The molecule has 0 spiro atoms. The van der Waals surface area contributed by atoms with Gasteiger partial charge in [-0.3, -0.25) is 19.1 Å². The lowest BCUT2D eigenvalue weighted by Gasteiger charge is -2.32. The van der Waals surface area contributed by atoms with Crippen molar-refractivity contribution < 1.29 is 23.4 Å². The molecule has 6 rings (SSSR count). The van der Waals surface area contributed by atoms with E-state index in [4.69, 9.17) is 14.2 Å². The van der Waals surface area contributed by atoms with Gasteiger partial charge < -0.3 is 29.3 Å². The first-order chi connectivity index (χ1) is 25.2. The number of pyridine rings is 1. The van der Waals surface area contributed by atoms with Gasteiger partial charge in [-0.25, -0.2) is 9.18 Å². The van der Waals surface area contributed by atoms with Crippen molar-refractivity contribution in [2.45, 2.75) is 32.7 Å². The number of para-hydroxylation sites is 1. The predicted octanol–water partition coefficient (Wildman–Crippen LogP) is 4.95. The summed E-state index contributed by atoms with van der Waals surface area (Å²) >= 11 is 0. The molecule has 0 saturated carbocycles. The van der Waals surface area contributed by atoms with E-state index >= 15 is 4.39 Å². The minimum atomic E-state index is -0.891. The molecule has 5 aromatic rings. The Balaban J connectivity index is 1.19. The molecule has 1 aliphatic rings. The van der Waals surface area contributed by atoms with Gasteiger partial charge in [-0.05, 0) is 56.3 Å². The highest BCUT2D eigenvalue weighted by molar-refractivity contribution is 6.02. The lowest BCUT2D eigenvalue weighted by molar-refractivity contribution is 0.101. The summed E-state index contributed by atoms with van der Waals surface area (Å²) in [5, 5.41) is 7.24. The van der Waals surface area contributed by atoms with Gasteiger partial charge in [0.05, 0.1) is 24.9 Å². The first-order valence-corrected chi connectivity index (χ1v) is 17.3. The first-order valence-electron chi connectivity index (χ1n) is 17.3. The molecule has 0 aliphatic carbocycles. The lowest BCUT2D eigenvalue weighted by Crippen LogP contribution is -2.44. The monoisotopic (exact) mass is 711 g/mol. The number of aromatic nitrogens is 4. The van der Waals surface area contributed by atoms with Gasteiger partial charge in [-0.1, -0.05) is 31.5 Å². The molecular weight excluding hydrogens is 669 g/mol. The van der Waals surface area contributed by atoms with Crippen molar-refractivity contribution in [1.82, 2.24) is 29.1 Å². The molecule has 14 heteroatoms. The summed E-state index contributed by atoms with van der Waals surface area (Å²) in [6.45, 7) is 7.65. The topological polar surface area (TPSA) is 133 Å². The summed E-state index contributed by atoms with van der Waals surface area (Å²) in [5.74, 6) is -0.379. The number of likely N-dealkylation sites (N-methyl/N-ethyl adjacent to an activating group) is 1. The zero-order chi connectivity index (χ0) is 36.6. The van der Waals surface area contributed by atoms with E-state index in [1.807, 2.05) is 6.92 Å². The highest BCUT2D eigenvalue weighted by Gasteiger charge is 2.21. The van der Waals surface area contributed by atoms with E-state index in [0.717, 1.165) is 60.9 Å². The number of nitrogens with one attached hydrogen (secondary N) is 1. The van der Waals surface area contributed by atoms with Crippen LogP contribution in [0.2, 0.25) is 0 Å². The second-order valence-corrected chi connectivity index (χ2v) is 12.6. The number of rotatable bonds is 14. The normalized spacial score (nSPS) is 13.6. The summed E-state index contributed by atoms with van der Waals surface area (Å²) in [7, 11) is 3.69. The summed E-state index contributed by atoms with van der Waals surface area (Å²) in [6.07, 6.45) is 3.67. The van der Waals surface area contributed by atoms with Gasteiger partial charge in [0, 0.05) is 68.7 Å². The standard InChI is InChI=1S/C38H42FN7O6/c1-4-5-17-45-37(48)35(42-46(38(45)49)27-10-7-6-8-11-27)36(47)41-26-12-13-32(29(39)23-26)52-31-14-15-40-30-25-33(50-3)34(24-28(30)31)51-22-9-16-44-20-18-43(2)19-21-44/h6-8,10-15,23-25H,4-5,9,16-22H2,1-3H3,(H,41,47). The van der Waals surface area contributed by atoms with Crippen LogP contribution >= 0.6 is 0 Å². The average Bonchev–Trinajstić information content (AvgIpc) is 3.15. The average molecular weight is 712 g/mol. The molecule has 0 atom stereocenters. The van der Waals surface area contributed by atoms with Gasteiger partial charge in [-0.2, -0.15) is 9.78 Å². The number of methoxy groups -OCH3 is 1. The Hall–Kier alpha value is -5.60. The van der Waals surface area contributed by atoms with Crippen LogP contribution in [-0.2, 0) is 6.54 Å². The highest BCUT2D eigenvalue weighted by atomic mass is 19.1. The van der Waals surface area contributed by atoms with Crippen LogP contribution in [0.5, 0.6) is 23.0 Å². The zero-order valence-electron chi connectivity index (χ0n) is 29.5. The van der Waals surface area contributed by atoms with Crippen molar-refractivity contribution in [3.8, 4) is 28.7 Å². The third-order valence-corrected chi connectivity index (χ3v) is 8.88. The summed E-state index contributed by atoms with van der Waals surface area (Å²) in [4.78, 5) is 49.0. The SMILES string of the molecule is CCCCn1c(=O)c(C(=O)Nc2ccc(Oc3ccnc4cc(OC)c(OCCCN5CCN(C)CC5)cc34)c(F)c2)nn(-c2ccccc2)c1=O. The second-order valence-electron chi connectivity index (χ2n) is 12.6. The minimum absolute atomic E-state index is 0.0604. The summed E-state index contributed by atoms with van der Waals surface area (Å²) < 4.78 is 35.3. The molecule has 1 N–H and O–H groups in total. The Kier molecular flexibility index (Phi) is 11.6. The van der Waals surface area contributed by atoms with E-state index in [0.29, 0.717) is 46.9 Å². The van der Waals surface area contributed by atoms with Crippen LogP contribution in [0.15, 0.2) is 82.5 Å². The molecule has 0 unspecified atom stereocenters. The van der Waals surface area contributed by atoms with Crippen molar-refractivity contribution in [1.29, 1.82) is 0 Å². The summed E-state index contributed by atoms with van der Waals surface area (Å²) in [5.41, 5.74) is -0.973. The number of benzene rings is 3. The molecule has 0 radical (unpaired) electrons. The van der Waals surface area contributed by atoms with E-state index in [-0.39, 0.29) is 18.0 Å². The highest BCUT2D eigenvalue weighted by Crippen LogP contribution is 2.38. The Morgan fingerprint density at radius 1 is 0.904 bits per heavy atom. The molecule has 0 bridgehead atoms. The van der Waals surface area contributed by atoms with Gasteiger partial charge in [0.2, 0.25) is 5.69 Å². The molecule has 13 nitrogen and oxygen atoms in total. The molecular formula is C38H42FN7O6. The maximum atomic E-state index is 15.5. The largest absolute Gasteiger partial charge is 0.493 e. The maximum absolute atomic E-state index is 15.5. The van der Waals surface area contributed by atoms with Gasteiger partial charge in [0.1, 0.15) is 5.75 Å². The van der Waals surface area contributed by atoms with Gasteiger partial charge in [-0.15, -0.1) is 0 Å². The van der Waals surface area contributed by atoms with Gasteiger partial charge in [0.15, 0.2) is 23.1 Å². The molecule has 3 heterocycles. The van der Waals surface area contributed by atoms with Crippen LogP contribution in [0.1, 0.15) is 36.7 Å². The molecule has 2 aromatic heterocycles. The fourth-order valence-corrected chi connectivity index (χ4v) is 5.91. The van der Waals surface area contributed by atoms with Crippen LogP contribution in [0.4, 0.5) is 10.1 Å². The Morgan fingerprint density at radius 3 is 2.42 bits per heavy atom. The second kappa shape index (κ2) is 16.6. The number of hydrogen-bond acceptors (Lipinski definition) is 10. The molecule has 1 aliphatic heterocycles. The number of unbranched alkanes of at least 4 members (excludes halogenated alkanes) is 1. The molecule has 52 heavy (non-hydrogen) atoms. The van der Waals surface area contributed by atoms with Gasteiger partial charge >= 0.3 is 5.69 Å². The number of piperazine rings is 1. The van der Waals surface area contributed by atoms with Crippen LogP contribution in [0.25, 0.3) is 16.6 Å². The number of hydrogen-bond donors (Lipinski definition) is 1. The van der Waals surface area contributed by atoms with Crippen LogP contribution in [-0.4, -0.2) is 88.5 Å². The lowest BCUT2D eigenvalue weighted by atomic mass is 10.1. The molecule has 1 amide bonds. The van der Waals surface area contributed by atoms with Crippen molar-refractivity contribution in [2.24, 2.45) is 0 Å². The predicted molar refractivity (Wildman–Crippen MR) is 196 cm³/mol. The van der Waals surface area contributed by atoms with E-state index in [9.17, 15) is 14.4 Å². The Labute approximate surface area is 300 Å². The smallest absolute Gasteiger partial charge is 0.352 e. The first kappa shape index (κ1) is 36.2. The number of nitrogens with zero attached hydrogens (tertiary/aromatic N) is 6. The van der Waals surface area contributed by atoms with E-state index in [2.05, 4.69) is 32.2 Å². The molecule has 3 aromatic carbocycles. The quantitative estimate of drug-likeness (QED) is 0.158. The van der Waals surface area contributed by atoms with Crippen molar-refractivity contribution >= 4 is 22.5 Å². The van der Waals surface area contributed by atoms with E-state index < -0.39 is 28.7 Å². The minimum Gasteiger partial charge on any atom is -0.493 e. The third-order valence-electron chi connectivity index (χ3n) is 8.88. The molecule has 272 valence electrons. The number of fused-ring (bicyclic) bond motifs is 1. The fraction of sp³-hybridized carbons (Fsp3) is 0.342. The number of carbonyl (C=O) groups excluding carboxylic acids is 1. The zero-order valence-corrected chi connectivity index (χ0v) is 29.5. The number of amides is 1. The number of halogens is 1. The van der Waals surface area contributed by atoms with Crippen LogP contribution < -0.4 is 30.8 Å². The summed E-state index contributed by atoms with van der Waals surface area (Å²) in [6, 6.07) is 17.5. The maximum Gasteiger partial charge on any atom is 0.352 e. The number of anilines is 1. The third kappa shape index (κ3) is 8.30. The fourth-order valence-electron chi connectivity index (χ4n) is 5.91. The number of carbonyl (C=O) groups is 1. The Morgan fingerprint density at radius 2 is 1.69 bits per heavy atom. The molecule has 1 saturated heterocycles. The molecule has 1 fully saturated rings. The van der Waals surface area contributed by atoms with Gasteiger partial charge in [0.25, 0.3) is 11.5 Å².